The Labute approximate surface area is 149 Å². The fourth-order valence-corrected chi connectivity index (χ4v) is 3.77. The predicted molar refractivity (Wildman–Crippen MR) is 92.5 cm³/mol. The van der Waals surface area contributed by atoms with E-state index in [1.165, 1.54) is 16.7 Å². The molecule has 0 radical (unpaired) electrons. The van der Waals surface area contributed by atoms with Crippen molar-refractivity contribution in [3.05, 3.63) is 40.2 Å². The second-order valence-electron chi connectivity index (χ2n) is 6.13. The molecule has 0 saturated carbocycles. The maximum absolute atomic E-state index is 12.4. The van der Waals surface area contributed by atoms with Crippen LogP contribution in [0.1, 0.15) is 34.1 Å². The number of hydrogen-bond donors (Lipinski definition) is 2. The van der Waals surface area contributed by atoms with Gasteiger partial charge in [0.15, 0.2) is 5.69 Å². The smallest absolute Gasteiger partial charge is 0.355 e. The van der Waals surface area contributed by atoms with Gasteiger partial charge in [-0.2, -0.15) is 0 Å². The Balaban J connectivity index is 1.43. The Bertz CT molecular complexity index is 713. The number of furan rings is 1. The lowest BCUT2D eigenvalue weighted by molar-refractivity contribution is -0.126. The second-order valence-corrected chi connectivity index (χ2v) is 7.07. The van der Waals surface area contributed by atoms with Gasteiger partial charge in [0.2, 0.25) is 5.91 Å². The molecule has 1 fully saturated rings. The minimum Gasteiger partial charge on any atom is -0.476 e. The number of carbonyl (C=O) groups excluding carboxylic acids is 1. The summed E-state index contributed by atoms with van der Waals surface area (Å²) in [5.41, 5.74) is 0.0622. The van der Waals surface area contributed by atoms with Gasteiger partial charge >= 0.3 is 5.97 Å². The van der Waals surface area contributed by atoms with Gasteiger partial charge in [0.25, 0.3) is 0 Å². The lowest BCUT2D eigenvalue weighted by Gasteiger charge is -2.31. The highest BCUT2D eigenvalue weighted by molar-refractivity contribution is 7.09. The first-order valence-corrected chi connectivity index (χ1v) is 9.20. The molecule has 0 spiro atoms. The lowest BCUT2D eigenvalue weighted by atomic mass is 9.97. The molecule has 134 valence electrons. The lowest BCUT2D eigenvalue weighted by Crippen LogP contribution is -2.43. The third-order valence-corrected chi connectivity index (χ3v) is 5.15. The number of hydrogen-bond acceptors (Lipinski definition) is 6. The molecule has 0 aliphatic carbocycles. The largest absolute Gasteiger partial charge is 0.476 e. The van der Waals surface area contributed by atoms with Gasteiger partial charge in [0.1, 0.15) is 5.76 Å². The van der Waals surface area contributed by atoms with Gasteiger partial charge in [0.05, 0.1) is 23.7 Å². The first-order chi connectivity index (χ1) is 12.1. The summed E-state index contributed by atoms with van der Waals surface area (Å²) in [6.45, 7) is 2.91. The van der Waals surface area contributed by atoms with Crippen LogP contribution in [0.25, 0.3) is 0 Å². The highest BCUT2D eigenvalue weighted by atomic mass is 32.1. The molecule has 1 aliphatic heterocycles. The molecule has 1 aliphatic rings. The summed E-state index contributed by atoms with van der Waals surface area (Å²) in [5.74, 6) is -0.0711. The van der Waals surface area contributed by atoms with Gasteiger partial charge in [-0.1, -0.05) is 0 Å². The number of rotatable bonds is 7. The Morgan fingerprint density at radius 3 is 3.08 bits per heavy atom. The fourth-order valence-electron chi connectivity index (χ4n) is 3.00. The van der Waals surface area contributed by atoms with Crippen molar-refractivity contribution in [2.75, 3.05) is 19.6 Å². The molecule has 3 rings (SSSR count). The van der Waals surface area contributed by atoms with Crippen LogP contribution in [0.2, 0.25) is 0 Å². The Hall–Kier alpha value is -2.19. The molecule has 2 aromatic heterocycles. The predicted octanol–water partition coefficient (Wildman–Crippen LogP) is 2.01. The maximum atomic E-state index is 12.4. The molecule has 8 heteroatoms. The van der Waals surface area contributed by atoms with Gasteiger partial charge < -0.3 is 14.8 Å². The second kappa shape index (κ2) is 8.26. The zero-order valence-electron chi connectivity index (χ0n) is 13.8. The standard InChI is InChI=1S/C17H21N3O4S/c21-16(18-6-5-15-19-14(11-25-15)17(22)23)12-3-1-7-20(9-12)10-13-4-2-8-24-13/h2,4,8,11-12H,1,3,5-7,9-10H2,(H,18,21)(H,22,23). The quantitative estimate of drug-likeness (QED) is 0.781. The molecular weight excluding hydrogens is 342 g/mol. The molecule has 1 saturated heterocycles. The number of likely N-dealkylation sites (tertiary alicyclic amines) is 1. The van der Waals surface area contributed by atoms with Crippen LogP contribution >= 0.6 is 11.3 Å². The highest BCUT2D eigenvalue weighted by Gasteiger charge is 2.26. The number of carboxylic acid groups (broad SMARTS) is 1. The summed E-state index contributed by atoms with van der Waals surface area (Å²) < 4.78 is 5.37. The minimum absolute atomic E-state index is 0.0189. The molecule has 25 heavy (non-hydrogen) atoms. The third kappa shape index (κ3) is 4.90. The van der Waals surface area contributed by atoms with Crippen molar-refractivity contribution in [2.45, 2.75) is 25.8 Å². The number of piperidine rings is 1. The van der Waals surface area contributed by atoms with Crippen LogP contribution in [0.5, 0.6) is 0 Å². The van der Waals surface area contributed by atoms with E-state index in [0.29, 0.717) is 13.0 Å². The first kappa shape index (κ1) is 17.6. The van der Waals surface area contributed by atoms with E-state index in [-0.39, 0.29) is 17.5 Å². The zero-order chi connectivity index (χ0) is 17.6. The minimum atomic E-state index is -1.02. The van der Waals surface area contributed by atoms with Crippen LogP contribution in [0.3, 0.4) is 0 Å². The first-order valence-electron chi connectivity index (χ1n) is 8.32. The average Bonchev–Trinajstić information content (AvgIpc) is 3.27. The van der Waals surface area contributed by atoms with Crippen molar-refractivity contribution < 1.29 is 19.1 Å². The van der Waals surface area contributed by atoms with Crippen molar-refractivity contribution in [3.8, 4) is 0 Å². The van der Waals surface area contributed by atoms with Crippen molar-refractivity contribution in [1.29, 1.82) is 0 Å². The SMILES string of the molecule is O=C(O)c1csc(CCNC(=O)C2CCCN(Cc3ccco3)C2)n1. The van der Waals surface area contributed by atoms with Gasteiger partial charge in [-0.15, -0.1) is 11.3 Å². The number of thiazole rings is 1. The molecule has 1 unspecified atom stereocenters. The van der Waals surface area contributed by atoms with E-state index >= 15 is 0 Å². The number of carboxylic acids is 1. The molecule has 3 heterocycles. The molecule has 0 bridgehead atoms. The summed E-state index contributed by atoms with van der Waals surface area (Å²) in [4.78, 5) is 29.5. The number of carbonyl (C=O) groups is 2. The average molecular weight is 363 g/mol. The fraction of sp³-hybridized carbons (Fsp3) is 0.471. The number of aromatic carboxylic acids is 1. The van der Waals surface area contributed by atoms with Crippen LogP contribution in [0, 0.1) is 5.92 Å². The van der Waals surface area contributed by atoms with Crippen molar-refractivity contribution in [1.82, 2.24) is 15.2 Å². The Morgan fingerprint density at radius 2 is 2.36 bits per heavy atom. The van der Waals surface area contributed by atoms with E-state index in [2.05, 4.69) is 15.2 Å². The van der Waals surface area contributed by atoms with Crippen LogP contribution in [-0.2, 0) is 17.8 Å². The van der Waals surface area contributed by atoms with E-state index < -0.39 is 5.97 Å². The molecular formula is C17H21N3O4S. The number of nitrogens with zero attached hydrogens (tertiary/aromatic N) is 2. The molecule has 1 atom stereocenters. The summed E-state index contributed by atoms with van der Waals surface area (Å²) in [7, 11) is 0. The summed E-state index contributed by atoms with van der Waals surface area (Å²) in [6.07, 6.45) is 4.10. The third-order valence-electron chi connectivity index (χ3n) is 4.24. The highest BCUT2D eigenvalue weighted by Crippen LogP contribution is 2.19. The summed E-state index contributed by atoms with van der Waals surface area (Å²) in [6, 6.07) is 3.82. The summed E-state index contributed by atoms with van der Waals surface area (Å²) in [5, 5.41) is 14.1. The zero-order valence-corrected chi connectivity index (χ0v) is 14.6. The molecule has 2 N–H and O–H groups in total. The topological polar surface area (TPSA) is 95.7 Å². The maximum Gasteiger partial charge on any atom is 0.355 e. The van der Waals surface area contributed by atoms with Crippen molar-refractivity contribution in [3.63, 3.8) is 0 Å². The Morgan fingerprint density at radius 1 is 1.48 bits per heavy atom. The van der Waals surface area contributed by atoms with Crippen LogP contribution in [0.15, 0.2) is 28.2 Å². The van der Waals surface area contributed by atoms with Gasteiger partial charge in [0, 0.05) is 24.9 Å². The molecule has 7 nitrogen and oxygen atoms in total. The van der Waals surface area contributed by atoms with E-state index in [1.807, 2.05) is 12.1 Å². The molecule has 1 amide bonds. The van der Waals surface area contributed by atoms with Gasteiger partial charge in [-0.25, -0.2) is 9.78 Å². The molecule has 2 aromatic rings. The van der Waals surface area contributed by atoms with Crippen LogP contribution in [0.4, 0.5) is 0 Å². The van der Waals surface area contributed by atoms with E-state index in [4.69, 9.17) is 9.52 Å². The van der Waals surface area contributed by atoms with E-state index in [9.17, 15) is 9.59 Å². The van der Waals surface area contributed by atoms with Crippen molar-refractivity contribution in [2.24, 2.45) is 5.92 Å². The number of amides is 1. The van der Waals surface area contributed by atoms with E-state index in [0.717, 1.165) is 43.2 Å². The molecule has 0 aromatic carbocycles. The van der Waals surface area contributed by atoms with Crippen molar-refractivity contribution >= 4 is 23.2 Å². The van der Waals surface area contributed by atoms with E-state index in [1.54, 1.807) is 6.26 Å². The van der Waals surface area contributed by atoms with Gasteiger partial charge in [-0.05, 0) is 31.5 Å². The summed E-state index contributed by atoms with van der Waals surface area (Å²) >= 11 is 1.31. The monoisotopic (exact) mass is 363 g/mol. The van der Waals surface area contributed by atoms with Crippen LogP contribution < -0.4 is 5.32 Å². The van der Waals surface area contributed by atoms with Crippen LogP contribution in [-0.4, -0.2) is 46.5 Å². The number of nitrogens with one attached hydrogen (secondary N) is 1. The van der Waals surface area contributed by atoms with Gasteiger partial charge in [-0.3, -0.25) is 9.69 Å². The normalized spacial score (nSPS) is 18.2. The number of aromatic nitrogens is 1. The Kier molecular flexibility index (Phi) is 5.83.